The summed E-state index contributed by atoms with van der Waals surface area (Å²) in [4.78, 5) is 4.33. The van der Waals surface area contributed by atoms with Gasteiger partial charge in [0.1, 0.15) is 5.76 Å². The van der Waals surface area contributed by atoms with Crippen LogP contribution >= 0.6 is 0 Å². The molecule has 0 amide bonds. The maximum absolute atomic E-state index is 12.1. The van der Waals surface area contributed by atoms with Crippen LogP contribution in [0.4, 0.5) is 0 Å². The van der Waals surface area contributed by atoms with Gasteiger partial charge in [0, 0.05) is 0 Å². The van der Waals surface area contributed by atoms with Gasteiger partial charge in [-0.25, -0.2) is 18.1 Å². The van der Waals surface area contributed by atoms with Crippen molar-refractivity contribution in [3.8, 4) is 0 Å². The van der Waals surface area contributed by atoms with E-state index in [1.54, 1.807) is 31.2 Å². The summed E-state index contributed by atoms with van der Waals surface area (Å²) in [6.07, 6.45) is 0. The van der Waals surface area contributed by atoms with E-state index in [0.717, 1.165) is 5.56 Å². The average Bonchev–Trinajstić information content (AvgIpc) is 2.78. The van der Waals surface area contributed by atoms with E-state index in [-0.39, 0.29) is 18.0 Å². The van der Waals surface area contributed by atoms with Gasteiger partial charge in [-0.15, -0.1) is 0 Å². The molecule has 0 unspecified atom stereocenters. The summed E-state index contributed by atoms with van der Waals surface area (Å²) in [5.74, 6) is 0.869. The molecule has 0 fully saturated rings. The van der Waals surface area contributed by atoms with E-state index in [4.69, 9.17) is 10.2 Å². The molecule has 0 saturated heterocycles. The van der Waals surface area contributed by atoms with E-state index >= 15 is 0 Å². The molecule has 1 aromatic heterocycles. The highest BCUT2D eigenvalue weighted by molar-refractivity contribution is 7.89. The van der Waals surface area contributed by atoms with Crippen LogP contribution < -0.4 is 10.5 Å². The average molecular weight is 295 g/mol. The highest BCUT2D eigenvalue weighted by atomic mass is 32.2. The molecule has 0 bridgehead atoms. The Bertz CT molecular complexity index is 690. The van der Waals surface area contributed by atoms with Crippen LogP contribution in [0.2, 0.25) is 0 Å². The number of aryl methyl sites for hydroxylation is 2. The quantitative estimate of drug-likeness (QED) is 0.864. The molecule has 6 nitrogen and oxygen atoms in total. The first-order valence-electron chi connectivity index (χ1n) is 6.14. The van der Waals surface area contributed by atoms with Gasteiger partial charge in [-0.3, -0.25) is 0 Å². The van der Waals surface area contributed by atoms with Crippen molar-refractivity contribution in [3.05, 3.63) is 47.2 Å². The Balaban J connectivity index is 2.10. The van der Waals surface area contributed by atoms with Crippen LogP contribution in [0.5, 0.6) is 0 Å². The lowest BCUT2D eigenvalue weighted by Gasteiger charge is -2.05. The number of aromatic nitrogens is 1. The van der Waals surface area contributed by atoms with E-state index in [0.29, 0.717) is 17.3 Å². The topological polar surface area (TPSA) is 98.2 Å². The van der Waals surface area contributed by atoms with Crippen LogP contribution in [0.1, 0.15) is 22.9 Å². The van der Waals surface area contributed by atoms with Crippen LogP contribution in [0.25, 0.3) is 0 Å². The van der Waals surface area contributed by atoms with Crippen molar-refractivity contribution in [2.75, 3.05) is 0 Å². The smallest absolute Gasteiger partial charge is 0.241 e. The SMILES string of the molecule is Cc1ccc(S(=O)(=O)NCc2nc(C)c(CN)o2)cc1. The lowest BCUT2D eigenvalue weighted by atomic mass is 10.2. The molecule has 0 spiro atoms. The molecule has 0 aliphatic rings. The minimum absolute atomic E-state index is 0.00293. The molecular weight excluding hydrogens is 278 g/mol. The summed E-state index contributed by atoms with van der Waals surface area (Å²) in [6, 6.07) is 6.61. The normalized spacial score (nSPS) is 11.8. The molecule has 0 aliphatic heterocycles. The first-order chi connectivity index (χ1) is 9.42. The first-order valence-corrected chi connectivity index (χ1v) is 7.62. The second-order valence-corrected chi connectivity index (χ2v) is 6.22. The molecular formula is C13H17N3O3S. The summed E-state index contributed by atoms with van der Waals surface area (Å²) in [5, 5.41) is 0. The Hall–Kier alpha value is -1.70. The number of hydrogen-bond donors (Lipinski definition) is 2. The third kappa shape index (κ3) is 3.24. The van der Waals surface area contributed by atoms with E-state index in [2.05, 4.69) is 9.71 Å². The largest absolute Gasteiger partial charge is 0.443 e. The van der Waals surface area contributed by atoms with E-state index in [1.807, 2.05) is 6.92 Å². The minimum Gasteiger partial charge on any atom is -0.443 e. The van der Waals surface area contributed by atoms with Crippen LogP contribution in [0.15, 0.2) is 33.6 Å². The number of nitrogens with zero attached hydrogens (tertiary/aromatic N) is 1. The zero-order valence-electron chi connectivity index (χ0n) is 11.4. The maximum atomic E-state index is 12.1. The van der Waals surface area contributed by atoms with E-state index in [1.165, 1.54) is 0 Å². The summed E-state index contributed by atoms with van der Waals surface area (Å²) >= 11 is 0. The molecule has 20 heavy (non-hydrogen) atoms. The zero-order valence-corrected chi connectivity index (χ0v) is 12.2. The van der Waals surface area contributed by atoms with E-state index in [9.17, 15) is 8.42 Å². The molecule has 1 heterocycles. The number of sulfonamides is 1. The Morgan fingerprint density at radius 3 is 2.45 bits per heavy atom. The molecule has 0 radical (unpaired) electrons. The van der Waals surface area contributed by atoms with Gasteiger partial charge >= 0.3 is 0 Å². The number of benzene rings is 1. The number of hydrogen-bond acceptors (Lipinski definition) is 5. The fourth-order valence-corrected chi connectivity index (χ4v) is 2.69. The maximum Gasteiger partial charge on any atom is 0.241 e. The van der Waals surface area contributed by atoms with Gasteiger partial charge in [0.05, 0.1) is 23.7 Å². The van der Waals surface area contributed by atoms with Crippen molar-refractivity contribution in [1.82, 2.24) is 9.71 Å². The number of nitrogens with two attached hydrogens (primary N) is 1. The Morgan fingerprint density at radius 2 is 1.90 bits per heavy atom. The lowest BCUT2D eigenvalue weighted by Crippen LogP contribution is -2.23. The summed E-state index contributed by atoms with van der Waals surface area (Å²) in [7, 11) is -3.57. The Labute approximate surface area is 118 Å². The minimum atomic E-state index is -3.57. The fraction of sp³-hybridized carbons (Fsp3) is 0.308. The van der Waals surface area contributed by atoms with Crippen molar-refractivity contribution in [1.29, 1.82) is 0 Å². The Kier molecular flexibility index (Phi) is 4.22. The molecule has 0 atom stereocenters. The lowest BCUT2D eigenvalue weighted by molar-refractivity contribution is 0.449. The van der Waals surface area contributed by atoms with Gasteiger partial charge in [0.2, 0.25) is 15.9 Å². The fourth-order valence-electron chi connectivity index (χ4n) is 1.71. The molecule has 2 rings (SSSR count). The van der Waals surface area contributed by atoms with Crippen LogP contribution in [-0.4, -0.2) is 13.4 Å². The first kappa shape index (κ1) is 14.7. The Morgan fingerprint density at radius 1 is 1.25 bits per heavy atom. The third-order valence-electron chi connectivity index (χ3n) is 2.87. The monoisotopic (exact) mass is 295 g/mol. The van der Waals surface area contributed by atoms with Gasteiger partial charge in [-0.05, 0) is 26.0 Å². The van der Waals surface area contributed by atoms with Gasteiger partial charge < -0.3 is 10.2 Å². The summed E-state index contributed by atoms with van der Waals surface area (Å²) in [5.41, 5.74) is 7.16. The predicted octanol–water partition coefficient (Wildman–Crippen LogP) is 1.23. The molecule has 108 valence electrons. The molecule has 3 N–H and O–H groups in total. The van der Waals surface area contributed by atoms with Gasteiger partial charge in [-0.1, -0.05) is 17.7 Å². The van der Waals surface area contributed by atoms with E-state index < -0.39 is 10.0 Å². The summed E-state index contributed by atoms with van der Waals surface area (Å²) < 4.78 is 31.9. The van der Waals surface area contributed by atoms with Crippen molar-refractivity contribution in [2.24, 2.45) is 5.73 Å². The van der Waals surface area contributed by atoms with Crippen LogP contribution in [-0.2, 0) is 23.1 Å². The van der Waals surface area contributed by atoms with Crippen LogP contribution in [0, 0.1) is 13.8 Å². The zero-order chi connectivity index (χ0) is 14.8. The van der Waals surface area contributed by atoms with Gasteiger partial charge in [0.25, 0.3) is 0 Å². The molecule has 7 heteroatoms. The predicted molar refractivity (Wildman–Crippen MR) is 74.3 cm³/mol. The standard InChI is InChI=1S/C13H17N3O3S/c1-9-3-5-11(6-4-9)20(17,18)15-8-13-16-10(2)12(7-14)19-13/h3-6,15H,7-8,14H2,1-2H3. The van der Waals surface area contributed by atoms with Crippen LogP contribution in [0.3, 0.4) is 0 Å². The number of oxazole rings is 1. The molecule has 0 aliphatic carbocycles. The number of nitrogens with one attached hydrogen (secondary N) is 1. The highest BCUT2D eigenvalue weighted by Crippen LogP contribution is 2.12. The van der Waals surface area contributed by atoms with Crippen molar-refractivity contribution >= 4 is 10.0 Å². The number of rotatable bonds is 5. The van der Waals surface area contributed by atoms with Crippen molar-refractivity contribution in [2.45, 2.75) is 31.8 Å². The molecule has 2 aromatic rings. The second kappa shape index (κ2) is 5.74. The van der Waals surface area contributed by atoms with Gasteiger partial charge in [0.15, 0.2) is 0 Å². The van der Waals surface area contributed by atoms with Crippen molar-refractivity contribution in [3.63, 3.8) is 0 Å². The highest BCUT2D eigenvalue weighted by Gasteiger charge is 2.15. The van der Waals surface area contributed by atoms with Crippen molar-refractivity contribution < 1.29 is 12.8 Å². The molecule has 0 saturated carbocycles. The van der Waals surface area contributed by atoms with Gasteiger partial charge in [-0.2, -0.15) is 0 Å². The second-order valence-electron chi connectivity index (χ2n) is 4.46. The summed E-state index contributed by atoms with van der Waals surface area (Å²) in [6.45, 7) is 3.90. The third-order valence-corrected chi connectivity index (χ3v) is 4.28. The molecule has 1 aromatic carbocycles.